The van der Waals surface area contributed by atoms with E-state index >= 15 is 0 Å². The number of fused-ring (bicyclic) bond motifs is 1. The first-order chi connectivity index (χ1) is 17.3. The van der Waals surface area contributed by atoms with Gasteiger partial charge in [0.05, 0.1) is 28.2 Å². The summed E-state index contributed by atoms with van der Waals surface area (Å²) in [4.78, 5) is 21.9. The Morgan fingerprint density at radius 1 is 1.08 bits per heavy atom. The van der Waals surface area contributed by atoms with Gasteiger partial charge in [0.2, 0.25) is 11.8 Å². The summed E-state index contributed by atoms with van der Waals surface area (Å²) in [6.45, 7) is 0.227. The van der Waals surface area contributed by atoms with Gasteiger partial charge < -0.3 is 14.3 Å². The quantitative estimate of drug-likeness (QED) is 0.330. The SMILES string of the molecule is CS(=N)(=O)c1ccc(-c2ccc(CNC(=O)Cn3c(-c4ncco4)cc4cc(F)ccc43)nc2)cc1. The van der Waals surface area contributed by atoms with E-state index in [-0.39, 0.29) is 24.8 Å². The molecule has 0 radical (unpaired) electrons. The first kappa shape index (κ1) is 23.4. The Labute approximate surface area is 206 Å². The van der Waals surface area contributed by atoms with Crippen molar-refractivity contribution in [1.82, 2.24) is 19.9 Å². The van der Waals surface area contributed by atoms with E-state index in [4.69, 9.17) is 9.20 Å². The van der Waals surface area contributed by atoms with Crippen LogP contribution in [0, 0.1) is 10.6 Å². The number of nitrogens with zero attached hydrogens (tertiary/aromatic N) is 3. The van der Waals surface area contributed by atoms with Crippen LogP contribution < -0.4 is 5.32 Å². The Hall–Kier alpha value is -4.31. The summed E-state index contributed by atoms with van der Waals surface area (Å²) in [6, 6.07) is 16.8. The number of pyridine rings is 1. The number of aromatic nitrogens is 3. The van der Waals surface area contributed by atoms with Crippen molar-refractivity contribution in [3.8, 4) is 22.7 Å². The van der Waals surface area contributed by atoms with E-state index in [9.17, 15) is 13.4 Å². The van der Waals surface area contributed by atoms with Crippen LogP contribution in [-0.4, -0.2) is 30.9 Å². The topological polar surface area (TPSA) is 114 Å². The van der Waals surface area contributed by atoms with Gasteiger partial charge in [-0.1, -0.05) is 18.2 Å². The number of oxazole rings is 1. The van der Waals surface area contributed by atoms with E-state index < -0.39 is 9.73 Å². The summed E-state index contributed by atoms with van der Waals surface area (Å²) >= 11 is 0. The lowest BCUT2D eigenvalue weighted by Gasteiger charge is -2.10. The minimum absolute atomic E-state index is 0.00605. The van der Waals surface area contributed by atoms with Gasteiger partial charge in [-0.3, -0.25) is 9.78 Å². The maximum Gasteiger partial charge on any atom is 0.243 e. The number of hydrogen-bond donors (Lipinski definition) is 2. The second-order valence-corrected chi connectivity index (χ2v) is 10.5. The maximum absolute atomic E-state index is 13.7. The Bertz CT molecular complexity index is 1640. The Morgan fingerprint density at radius 2 is 1.86 bits per heavy atom. The highest BCUT2D eigenvalue weighted by molar-refractivity contribution is 7.91. The first-order valence-electron chi connectivity index (χ1n) is 11.0. The third-order valence-corrected chi connectivity index (χ3v) is 6.92. The smallest absolute Gasteiger partial charge is 0.243 e. The van der Waals surface area contributed by atoms with Gasteiger partial charge in [0.15, 0.2) is 0 Å². The summed E-state index contributed by atoms with van der Waals surface area (Å²) in [5.41, 5.74) is 3.70. The van der Waals surface area contributed by atoms with E-state index in [1.165, 1.54) is 30.8 Å². The van der Waals surface area contributed by atoms with Gasteiger partial charge in [-0.05, 0) is 48.0 Å². The molecule has 2 aromatic carbocycles. The number of carbonyl (C=O) groups excluding carboxylic acids is 1. The molecular weight excluding hydrogens is 481 g/mol. The Morgan fingerprint density at radius 3 is 2.53 bits per heavy atom. The highest BCUT2D eigenvalue weighted by Crippen LogP contribution is 2.28. The fourth-order valence-electron chi connectivity index (χ4n) is 3.93. The summed E-state index contributed by atoms with van der Waals surface area (Å²) in [7, 11) is -2.76. The normalized spacial score (nSPS) is 12.9. The molecule has 0 saturated carbocycles. The van der Waals surface area contributed by atoms with E-state index in [2.05, 4.69) is 15.3 Å². The molecule has 0 fully saturated rings. The lowest BCUT2D eigenvalue weighted by Crippen LogP contribution is -2.27. The van der Waals surface area contributed by atoms with Crippen molar-refractivity contribution in [1.29, 1.82) is 4.78 Å². The van der Waals surface area contributed by atoms with Crippen molar-refractivity contribution in [3.05, 3.63) is 90.8 Å². The molecule has 0 bridgehead atoms. The molecule has 1 amide bonds. The van der Waals surface area contributed by atoms with Gasteiger partial charge in [0.1, 0.15) is 24.3 Å². The molecule has 1 atom stereocenters. The van der Waals surface area contributed by atoms with Crippen LogP contribution in [0.3, 0.4) is 0 Å². The fourth-order valence-corrected chi connectivity index (χ4v) is 4.59. The van der Waals surface area contributed by atoms with Gasteiger partial charge in [-0.25, -0.2) is 18.4 Å². The lowest BCUT2D eigenvalue weighted by atomic mass is 10.1. The minimum Gasteiger partial charge on any atom is -0.443 e. The largest absolute Gasteiger partial charge is 0.443 e. The fraction of sp³-hybridized carbons (Fsp3) is 0.115. The molecule has 5 aromatic rings. The van der Waals surface area contributed by atoms with Gasteiger partial charge in [-0.15, -0.1) is 0 Å². The number of benzene rings is 2. The van der Waals surface area contributed by atoms with Gasteiger partial charge in [0.25, 0.3) is 0 Å². The van der Waals surface area contributed by atoms with Crippen LogP contribution in [0.5, 0.6) is 0 Å². The Kier molecular flexibility index (Phi) is 6.11. The molecule has 5 rings (SSSR count). The van der Waals surface area contributed by atoms with Gasteiger partial charge >= 0.3 is 0 Å². The van der Waals surface area contributed by atoms with Crippen LogP contribution in [0.1, 0.15) is 5.69 Å². The molecule has 0 aliphatic carbocycles. The molecule has 3 heterocycles. The van der Waals surface area contributed by atoms with Crippen LogP contribution in [-0.2, 0) is 27.6 Å². The molecule has 8 nitrogen and oxygen atoms in total. The molecule has 0 saturated heterocycles. The molecule has 2 N–H and O–H groups in total. The van der Waals surface area contributed by atoms with E-state index in [0.717, 1.165) is 11.1 Å². The average Bonchev–Trinajstić information content (AvgIpc) is 3.51. The first-order valence-corrected chi connectivity index (χ1v) is 13.0. The summed E-state index contributed by atoms with van der Waals surface area (Å²) in [6.07, 6.45) is 6.05. The Balaban J connectivity index is 1.28. The van der Waals surface area contributed by atoms with Gasteiger partial charge in [-0.2, -0.15) is 0 Å². The number of hydrogen-bond acceptors (Lipinski definition) is 6. The van der Waals surface area contributed by atoms with Crippen LogP contribution in [0.4, 0.5) is 4.39 Å². The number of amides is 1. The molecule has 10 heteroatoms. The minimum atomic E-state index is -2.76. The predicted octanol–water partition coefficient (Wildman–Crippen LogP) is 4.85. The molecule has 182 valence electrons. The van der Waals surface area contributed by atoms with Crippen LogP contribution in [0.2, 0.25) is 0 Å². The van der Waals surface area contributed by atoms with Crippen molar-refractivity contribution < 1.29 is 17.8 Å². The van der Waals surface area contributed by atoms with Crippen molar-refractivity contribution in [2.45, 2.75) is 18.0 Å². The molecule has 0 aliphatic rings. The second kappa shape index (κ2) is 9.38. The zero-order valence-corrected chi connectivity index (χ0v) is 20.1. The van der Waals surface area contributed by atoms with Crippen molar-refractivity contribution in [2.24, 2.45) is 0 Å². The summed E-state index contributed by atoms with van der Waals surface area (Å²) < 4.78 is 40.4. The van der Waals surface area contributed by atoms with Crippen molar-refractivity contribution >= 4 is 26.5 Å². The molecule has 36 heavy (non-hydrogen) atoms. The predicted molar refractivity (Wildman–Crippen MR) is 134 cm³/mol. The zero-order valence-electron chi connectivity index (χ0n) is 19.3. The summed E-state index contributed by atoms with van der Waals surface area (Å²) in [5.74, 6) is -0.270. The van der Waals surface area contributed by atoms with Crippen molar-refractivity contribution in [2.75, 3.05) is 6.26 Å². The van der Waals surface area contributed by atoms with Crippen LogP contribution >= 0.6 is 0 Å². The highest BCUT2D eigenvalue weighted by atomic mass is 32.2. The van der Waals surface area contributed by atoms with Crippen LogP contribution in [0.15, 0.2) is 88.6 Å². The number of halogens is 1. The van der Waals surface area contributed by atoms with E-state index in [1.54, 1.807) is 35.0 Å². The monoisotopic (exact) mass is 503 g/mol. The molecule has 0 aliphatic heterocycles. The third kappa shape index (κ3) is 4.89. The third-order valence-electron chi connectivity index (χ3n) is 5.75. The van der Waals surface area contributed by atoms with Gasteiger partial charge in [0, 0.05) is 33.8 Å². The second-order valence-electron chi connectivity index (χ2n) is 8.34. The molecule has 3 aromatic heterocycles. The van der Waals surface area contributed by atoms with E-state index in [1.807, 2.05) is 24.3 Å². The van der Waals surface area contributed by atoms with Crippen LogP contribution in [0.25, 0.3) is 33.6 Å². The number of rotatable bonds is 7. The van der Waals surface area contributed by atoms with E-state index in [0.29, 0.717) is 33.1 Å². The molecule has 0 spiro atoms. The standard InChI is InChI=1S/C26H22FN5O3S/c1-36(28,34)22-7-3-17(4-8-22)18-2-6-21(30-14-18)15-31-25(33)16-32-23-9-5-20(27)12-19(23)13-24(32)26-29-10-11-35-26/h2-14,28H,15-16H2,1H3,(H,31,33). The lowest BCUT2D eigenvalue weighted by molar-refractivity contribution is -0.121. The maximum atomic E-state index is 13.7. The summed E-state index contributed by atoms with van der Waals surface area (Å²) in [5, 5.41) is 3.51. The molecule has 1 unspecified atom stereocenters. The number of nitrogens with one attached hydrogen (secondary N) is 2. The molecular formula is C26H22FN5O3S. The zero-order chi connectivity index (χ0) is 25.3. The highest BCUT2D eigenvalue weighted by Gasteiger charge is 2.17. The number of carbonyl (C=O) groups is 1. The van der Waals surface area contributed by atoms with Crippen molar-refractivity contribution in [3.63, 3.8) is 0 Å². The average molecular weight is 504 g/mol.